The molecule has 4 aliphatic heterocycles. The van der Waals surface area contributed by atoms with Crippen molar-refractivity contribution in [3.05, 3.63) is 75.5 Å². The Balaban J connectivity index is 1.08. The summed E-state index contributed by atoms with van der Waals surface area (Å²) < 4.78 is 2.20. The van der Waals surface area contributed by atoms with Gasteiger partial charge in [-0.15, -0.1) is 0 Å². The highest BCUT2D eigenvalue weighted by atomic mass is 16.3. The molecule has 2 aromatic rings. The predicted molar refractivity (Wildman–Crippen MR) is 170 cm³/mol. The normalized spacial score (nSPS) is 21.2. The van der Waals surface area contributed by atoms with Crippen molar-refractivity contribution in [1.82, 2.24) is 5.32 Å². The van der Waals surface area contributed by atoms with Crippen LogP contribution < -0.4 is 26.2 Å². The van der Waals surface area contributed by atoms with Crippen LogP contribution in [0.3, 0.4) is 0 Å². The number of allylic oxidation sites excluding steroid dienone is 4. The Bertz CT molecular complexity index is 2200. The first-order chi connectivity index (χ1) is 22.0. The van der Waals surface area contributed by atoms with Crippen LogP contribution in [-0.4, -0.2) is 46.6 Å². The topological polar surface area (TPSA) is 111 Å². The molecule has 4 heterocycles. The highest BCUT2D eigenvalue weighted by Gasteiger charge is 2.47. The van der Waals surface area contributed by atoms with Gasteiger partial charge in [-0.2, -0.15) is 0 Å². The van der Waals surface area contributed by atoms with Gasteiger partial charge in [-0.1, -0.05) is 0 Å². The molecule has 0 aromatic heterocycles. The summed E-state index contributed by atoms with van der Waals surface area (Å²) in [5, 5.41) is 7.14. The van der Waals surface area contributed by atoms with Crippen molar-refractivity contribution in [1.29, 1.82) is 0 Å². The van der Waals surface area contributed by atoms with Crippen LogP contribution in [0.4, 0.5) is 11.4 Å². The average molecular weight is 596 g/mol. The molecule has 9 heteroatoms. The maximum atomic E-state index is 13.5. The van der Waals surface area contributed by atoms with Gasteiger partial charge in [-0.3, -0.25) is 19.6 Å². The summed E-state index contributed by atoms with van der Waals surface area (Å²) in [5.74, 6) is 0.0382. The summed E-state index contributed by atoms with van der Waals surface area (Å²) >= 11 is 0. The van der Waals surface area contributed by atoms with Crippen molar-refractivity contribution >= 4 is 70.1 Å². The number of aliphatic imine (C=N–C) groups is 2. The smallest absolute Gasteiger partial charge is 0.275 e. The molecule has 45 heavy (non-hydrogen) atoms. The number of nitroso groups, excluding NO2 is 2. The molecular weight excluding hydrogens is 566 g/mol. The second-order valence-electron chi connectivity index (χ2n) is 13.3. The zero-order chi connectivity index (χ0) is 30.1. The first-order valence-corrected chi connectivity index (χ1v) is 16.1. The fraction of sp³-hybridized carbons (Fsp3) is 0.333. The first-order valence-electron chi connectivity index (χ1n) is 16.1. The van der Waals surface area contributed by atoms with Crippen molar-refractivity contribution in [3.8, 4) is 0 Å². The van der Waals surface area contributed by atoms with Crippen LogP contribution in [0.25, 0.3) is 34.7 Å². The molecule has 0 saturated heterocycles. The van der Waals surface area contributed by atoms with Crippen molar-refractivity contribution < 1.29 is 19.1 Å². The van der Waals surface area contributed by atoms with Crippen molar-refractivity contribution in [2.75, 3.05) is 13.1 Å². The lowest BCUT2D eigenvalue weighted by Gasteiger charge is -2.09. The lowest BCUT2D eigenvalue weighted by atomic mass is 9.88. The minimum Gasteiger partial charge on any atom is -0.305 e. The van der Waals surface area contributed by atoms with E-state index < -0.39 is 0 Å². The van der Waals surface area contributed by atoms with Crippen molar-refractivity contribution in [2.45, 2.75) is 64.2 Å². The lowest BCUT2D eigenvalue weighted by Crippen LogP contribution is -2.36. The van der Waals surface area contributed by atoms with Crippen LogP contribution in [0.1, 0.15) is 84.7 Å². The van der Waals surface area contributed by atoms with Crippen LogP contribution in [0.5, 0.6) is 0 Å². The SMILES string of the molecule is O=C1C=c2c(c3c(c4c2=C(CNCC2=c5c(c6c(c7c5=CC(=O)C7)[N+](=O)C5=C6CCCC5)C=N2)N=C4)C2=C(CCCC2)[N+]3=O)C1. The first kappa shape index (κ1) is 25.6. The number of carbonyl (C=O) groups excluding carboxylic acids is 2. The van der Waals surface area contributed by atoms with Gasteiger partial charge in [0.05, 0.1) is 32.0 Å². The number of Topliss-reactive ketones (excluding diaryl/α,β-unsaturated/α-hetero) is 2. The van der Waals surface area contributed by atoms with Gasteiger partial charge in [0.1, 0.15) is 0 Å². The number of benzene rings is 2. The summed E-state index contributed by atoms with van der Waals surface area (Å²) in [6, 6.07) is 0. The predicted octanol–water partition coefficient (Wildman–Crippen LogP) is 2.29. The van der Waals surface area contributed by atoms with E-state index in [9.17, 15) is 19.4 Å². The van der Waals surface area contributed by atoms with Crippen molar-refractivity contribution in [2.24, 2.45) is 9.98 Å². The summed E-state index contributed by atoms with van der Waals surface area (Å²) in [4.78, 5) is 62.0. The molecule has 4 aliphatic carbocycles. The number of nitrogens with zero attached hydrogens (tertiary/aromatic N) is 4. The zero-order valence-electron chi connectivity index (χ0n) is 24.7. The van der Waals surface area contributed by atoms with E-state index in [-0.39, 0.29) is 24.4 Å². The van der Waals surface area contributed by atoms with Gasteiger partial charge in [0.2, 0.25) is 11.4 Å². The third kappa shape index (κ3) is 3.26. The van der Waals surface area contributed by atoms with Gasteiger partial charge < -0.3 is 5.32 Å². The summed E-state index contributed by atoms with van der Waals surface area (Å²) in [5.41, 5.74) is 12.5. The van der Waals surface area contributed by atoms with E-state index >= 15 is 0 Å². The molecule has 220 valence electrons. The highest BCUT2D eigenvalue weighted by molar-refractivity contribution is 6.13. The lowest BCUT2D eigenvalue weighted by molar-refractivity contribution is -0.406. The standard InChI is InChI=1S/C36H29N5O4/c42-17-9-21-23(11-17)35-33(19-5-1-3-7-29(19)40(35)44)25-13-38-27(31(21)25)15-37-16-28-32-22-10-18(43)12-24(22)36-34(26(32)14-39-28)20-6-2-4-8-30(20)41(36)45/h9-10,13-14,37H,1-8,11-12,15-16H2/q+2. The largest absolute Gasteiger partial charge is 0.305 e. The molecule has 8 aliphatic rings. The number of fused-ring (bicyclic) bond motifs is 14. The molecule has 0 unspecified atom stereocenters. The molecule has 0 radical (unpaired) electrons. The Morgan fingerprint density at radius 2 is 1.09 bits per heavy atom. The Kier molecular flexibility index (Phi) is 5.06. The molecule has 0 amide bonds. The maximum Gasteiger partial charge on any atom is 0.275 e. The number of carbonyl (C=O) groups is 2. The highest BCUT2D eigenvalue weighted by Crippen LogP contribution is 2.48. The molecule has 0 atom stereocenters. The molecule has 0 spiro atoms. The van der Waals surface area contributed by atoms with E-state index in [4.69, 9.17) is 9.98 Å². The Morgan fingerprint density at radius 1 is 0.644 bits per heavy atom. The van der Waals surface area contributed by atoms with Crippen LogP contribution in [-0.2, 0) is 22.4 Å². The summed E-state index contributed by atoms with van der Waals surface area (Å²) in [6.07, 6.45) is 15.0. The van der Waals surface area contributed by atoms with E-state index in [0.29, 0.717) is 24.5 Å². The molecule has 0 fully saturated rings. The summed E-state index contributed by atoms with van der Waals surface area (Å²) in [7, 11) is 0. The second kappa shape index (κ2) is 8.91. The van der Waals surface area contributed by atoms with Crippen LogP contribution in [0.2, 0.25) is 0 Å². The van der Waals surface area contributed by atoms with Gasteiger partial charge in [0.25, 0.3) is 11.4 Å². The molecule has 0 bridgehead atoms. The average Bonchev–Trinajstić information content (AvgIpc) is 3.88. The van der Waals surface area contributed by atoms with Crippen molar-refractivity contribution in [3.63, 3.8) is 0 Å². The quantitative estimate of drug-likeness (QED) is 0.546. The number of hydrogen-bond donors (Lipinski definition) is 1. The maximum absolute atomic E-state index is 13.5. The van der Waals surface area contributed by atoms with E-state index in [1.54, 1.807) is 12.2 Å². The molecule has 1 N–H and O–H groups in total. The number of nitrogens with one attached hydrogen (secondary N) is 1. The van der Waals surface area contributed by atoms with Crippen LogP contribution in [0, 0.1) is 9.81 Å². The minimum atomic E-state index is 0.0191. The van der Waals surface area contributed by atoms with Gasteiger partial charge in [-0.05, 0) is 61.1 Å². The van der Waals surface area contributed by atoms with E-state index in [2.05, 4.69) is 5.32 Å². The molecule has 2 aromatic carbocycles. The number of hydrogen-bond acceptors (Lipinski definition) is 7. The Morgan fingerprint density at radius 3 is 1.56 bits per heavy atom. The monoisotopic (exact) mass is 595 g/mol. The third-order valence-electron chi connectivity index (χ3n) is 10.9. The Hall–Kier alpha value is -4.76. The van der Waals surface area contributed by atoms with E-state index in [1.165, 1.54) is 0 Å². The van der Waals surface area contributed by atoms with Gasteiger partial charge in [0, 0.05) is 105 Å². The number of ketones is 2. The van der Waals surface area contributed by atoms with E-state index in [1.807, 2.05) is 12.4 Å². The molecule has 9 nitrogen and oxygen atoms in total. The van der Waals surface area contributed by atoms with Gasteiger partial charge in [0.15, 0.2) is 11.6 Å². The van der Waals surface area contributed by atoms with Crippen LogP contribution in [0.15, 0.2) is 21.4 Å². The van der Waals surface area contributed by atoms with Gasteiger partial charge in [-0.25, -0.2) is 0 Å². The van der Waals surface area contributed by atoms with Gasteiger partial charge >= 0.3 is 0 Å². The molecule has 10 rings (SSSR count). The zero-order valence-corrected chi connectivity index (χ0v) is 24.7. The van der Waals surface area contributed by atoms with Crippen LogP contribution >= 0.6 is 0 Å². The fourth-order valence-electron chi connectivity index (χ4n) is 9.06. The second-order valence-corrected chi connectivity index (χ2v) is 13.3. The molecule has 0 saturated carbocycles. The number of rotatable bonds is 4. The third-order valence-corrected chi connectivity index (χ3v) is 10.9. The molecular formula is C36H29N5O4+2. The minimum absolute atomic E-state index is 0.0191. The Labute approximate surface area is 257 Å². The fourth-order valence-corrected chi connectivity index (χ4v) is 9.06. The summed E-state index contributed by atoms with van der Waals surface area (Å²) in [6.45, 7) is 0.912. The van der Waals surface area contributed by atoms with E-state index in [0.717, 1.165) is 149 Å².